The van der Waals surface area contributed by atoms with Crippen LogP contribution >= 0.6 is 11.8 Å². The third-order valence-electron chi connectivity index (χ3n) is 4.86. The first-order valence-corrected chi connectivity index (χ1v) is 10.0. The van der Waals surface area contributed by atoms with Crippen molar-refractivity contribution in [2.45, 2.75) is 43.8 Å². The molecule has 3 aromatic rings. The molecule has 2 heterocycles. The van der Waals surface area contributed by atoms with Gasteiger partial charge in [0.15, 0.2) is 10.8 Å². The van der Waals surface area contributed by atoms with Gasteiger partial charge in [0.25, 0.3) is 0 Å². The number of carbonyl (C=O) groups excluding carboxylic acids is 1. The van der Waals surface area contributed by atoms with Gasteiger partial charge in [0, 0.05) is 6.20 Å². The van der Waals surface area contributed by atoms with E-state index in [1.807, 2.05) is 35.7 Å². The topological polar surface area (TPSA) is 59.3 Å². The van der Waals surface area contributed by atoms with Gasteiger partial charge in [-0.2, -0.15) is 0 Å². The molecule has 6 heteroatoms. The van der Waals surface area contributed by atoms with Crippen molar-refractivity contribution >= 4 is 23.3 Å². The minimum atomic E-state index is 0.00506. The van der Waals surface area contributed by atoms with E-state index >= 15 is 0 Å². The lowest BCUT2D eigenvalue weighted by molar-refractivity contribution is -0.119. The maximum atomic E-state index is 12.4. The monoisotopic (exact) mass is 366 g/mol. The summed E-state index contributed by atoms with van der Waals surface area (Å²) < 4.78 is 1.89. The van der Waals surface area contributed by atoms with Crippen LogP contribution in [0.4, 0.5) is 0 Å². The molecule has 1 aliphatic carbocycles. The Morgan fingerprint density at radius 1 is 1.19 bits per heavy atom. The van der Waals surface area contributed by atoms with E-state index < -0.39 is 0 Å². The zero-order chi connectivity index (χ0) is 17.9. The van der Waals surface area contributed by atoms with Crippen LogP contribution in [0.15, 0.2) is 47.8 Å². The van der Waals surface area contributed by atoms with E-state index in [1.165, 1.54) is 47.7 Å². The number of thioether (sulfide) groups is 1. The molecule has 0 fully saturated rings. The highest BCUT2D eigenvalue weighted by Crippen LogP contribution is 2.25. The van der Waals surface area contributed by atoms with Crippen LogP contribution in [-0.2, 0) is 17.6 Å². The number of hydrogen-bond donors (Lipinski definition) is 1. The highest BCUT2D eigenvalue weighted by Gasteiger charge is 2.15. The Labute approximate surface area is 157 Å². The van der Waals surface area contributed by atoms with Crippen LogP contribution in [-0.4, -0.2) is 26.3 Å². The van der Waals surface area contributed by atoms with Gasteiger partial charge < -0.3 is 5.32 Å². The molecule has 134 valence electrons. The second-order valence-electron chi connectivity index (χ2n) is 6.72. The van der Waals surface area contributed by atoms with Crippen molar-refractivity contribution in [2.24, 2.45) is 0 Å². The van der Waals surface area contributed by atoms with E-state index in [4.69, 9.17) is 0 Å². The molecule has 4 rings (SSSR count). The third-order valence-corrected chi connectivity index (χ3v) is 5.81. The SMILES string of the molecule is CC(NC(=O)CSc1nnc2ccccn12)c1ccc2c(c1)CCCC2. The highest BCUT2D eigenvalue weighted by atomic mass is 32.2. The van der Waals surface area contributed by atoms with Crippen molar-refractivity contribution in [1.82, 2.24) is 19.9 Å². The van der Waals surface area contributed by atoms with Crippen molar-refractivity contribution in [3.63, 3.8) is 0 Å². The number of nitrogens with zero attached hydrogens (tertiary/aromatic N) is 3. The normalized spacial score (nSPS) is 14.8. The van der Waals surface area contributed by atoms with Crippen molar-refractivity contribution in [3.05, 3.63) is 59.3 Å². The van der Waals surface area contributed by atoms with Crippen molar-refractivity contribution < 1.29 is 4.79 Å². The van der Waals surface area contributed by atoms with E-state index in [-0.39, 0.29) is 11.9 Å². The minimum absolute atomic E-state index is 0.00506. The zero-order valence-corrected chi connectivity index (χ0v) is 15.6. The van der Waals surface area contributed by atoms with Crippen molar-refractivity contribution in [1.29, 1.82) is 0 Å². The van der Waals surface area contributed by atoms with Gasteiger partial charge >= 0.3 is 0 Å². The second-order valence-corrected chi connectivity index (χ2v) is 7.67. The third kappa shape index (κ3) is 3.60. The molecule has 1 aromatic carbocycles. The first-order valence-electron chi connectivity index (χ1n) is 9.04. The molecule has 0 spiro atoms. The number of aromatic nitrogens is 3. The summed E-state index contributed by atoms with van der Waals surface area (Å²) in [6.07, 6.45) is 6.79. The number of aryl methyl sites for hydroxylation is 2. The Morgan fingerprint density at radius 2 is 2.04 bits per heavy atom. The predicted octanol–water partition coefficient (Wildman–Crippen LogP) is 3.58. The number of nitrogens with one attached hydrogen (secondary N) is 1. The molecule has 26 heavy (non-hydrogen) atoms. The van der Waals surface area contributed by atoms with Gasteiger partial charge in [-0.25, -0.2) is 0 Å². The van der Waals surface area contributed by atoms with Gasteiger partial charge in [0.05, 0.1) is 11.8 Å². The first kappa shape index (κ1) is 17.1. The van der Waals surface area contributed by atoms with Crippen molar-refractivity contribution in [3.8, 4) is 0 Å². The second kappa shape index (κ2) is 7.50. The quantitative estimate of drug-likeness (QED) is 0.701. The summed E-state index contributed by atoms with van der Waals surface area (Å²) in [5, 5.41) is 12.1. The Balaban J connectivity index is 1.37. The molecule has 1 atom stereocenters. The van der Waals surface area contributed by atoms with Gasteiger partial charge in [-0.1, -0.05) is 36.0 Å². The lowest BCUT2D eigenvalue weighted by Crippen LogP contribution is -2.28. The molecule has 0 aliphatic heterocycles. The molecule has 1 unspecified atom stereocenters. The molecule has 0 radical (unpaired) electrons. The fraction of sp³-hybridized carbons (Fsp3) is 0.350. The molecule has 1 amide bonds. The maximum absolute atomic E-state index is 12.4. The van der Waals surface area contributed by atoms with E-state index in [0.717, 1.165) is 17.2 Å². The summed E-state index contributed by atoms with van der Waals surface area (Å²) in [7, 11) is 0. The Hall–Kier alpha value is -2.34. The number of amides is 1. The van der Waals surface area contributed by atoms with Gasteiger partial charge in [-0.15, -0.1) is 10.2 Å². The molecular formula is C20H22N4OS. The molecule has 1 N–H and O–H groups in total. The molecule has 5 nitrogen and oxygen atoms in total. The lowest BCUT2D eigenvalue weighted by Gasteiger charge is -2.20. The van der Waals surface area contributed by atoms with Crippen LogP contribution < -0.4 is 5.32 Å². The summed E-state index contributed by atoms with van der Waals surface area (Å²) >= 11 is 1.40. The van der Waals surface area contributed by atoms with Gasteiger partial charge in [-0.3, -0.25) is 9.20 Å². The molecule has 0 saturated carbocycles. The number of rotatable bonds is 5. The standard InChI is InChI=1S/C20H22N4OS/c1-14(16-10-9-15-6-2-3-7-17(15)12-16)21-19(25)13-26-20-23-22-18-8-4-5-11-24(18)20/h4-5,8-12,14H,2-3,6-7,13H2,1H3,(H,21,25). The number of hydrogen-bond acceptors (Lipinski definition) is 4. The molecule has 1 aliphatic rings. The summed E-state index contributed by atoms with van der Waals surface area (Å²) in [4.78, 5) is 12.4. The molecular weight excluding hydrogens is 344 g/mol. The molecule has 0 saturated heterocycles. The summed E-state index contributed by atoms with van der Waals surface area (Å²) in [5.41, 5.74) is 4.88. The lowest BCUT2D eigenvalue weighted by atomic mass is 9.89. The summed E-state index contributed by atoms with van der Waals surface area (Å²) in [6.45, 7) is 2.04. The highest BCUT2D eigenvalue weighted by molar-refractivity contribution is 7.99. The molecule has 2 aromatic heterocycles. The zero-order valence-electron chi connectivity index (χ0n) is 14.8. The van der Waals surface area contributed by atoms with Crippen LogP contribution in [0.5, 0.6) is 0 Å². The van der Waals surface area contributed by atoms with Crippen LogP contribution in [0.25, 0.3) is 5.65 Å². The maximum Gasteiger partial charge on any atom is 0.230 e. The van der Waals surface area contributed by atoms with Crippen LogP contribution in [0.1, 0.15) is 42.5 Å². The number of benzene rings is 1. The average molecular weight is 366 g/mol. The Kier molecular flexibility index (Phi) is 4.93. The van der Waals surface area contributed by atoms with E-state index in [0.29, 0.717) is 5.75 Å². The van der Waals surface area contributed by atoms with E-state index in [1.54, 1.807) is 0 Å². The van der Waals surface area contributed by atoms with E-state index in [9.17, 15) is 4.79 Å². The van der Waals surface area contributed by atoms with E-state index in [2.05, 4.69) is 33.7 Å². The van der Waals surface area contributed by atoms with Gasteiger partial charge in [0.2, 0.25) is 5.91 Å². The van der Waals surface area contributed by atoms with Crippen LogP contribution in [0.3, 0.4) is 0 Å². The largest absolute Gasteiger partial charge is 0.349 e. The van der Waals surface area contributed by atoms with Crippen LogP contribution in [0, 0.1) is 0 Å². The fourth-order valence-corrected chi connectivity index (χ4v) is 4.17. The van der Waals surface area contributed by atoms with Gasteiger partial charge in [-0.05, 0) is 61.4 Å². The number of carbonyl (C=O) groups is 1. The fourth-order valence-electron chi connectivity index (χ4n) is 3.44. The minimum Gasteiger partial charge on any atom is -0.349 e. The van der Waals surface area contributed by atoms with Crippen molar-refractivity contribution in [2.75, 3.05) is 5.75 Å². The molecule has 0 bridgehead atoms. The Bertz CT molecular complexity index is 936. The smallest absolute Gasteiger partial charge is 0.230 e. The summed E-state index contributed by atoms with van der Waals surface area (Å²) in [6, 6.07) is 12.4. The number of pyridine rings is 1. The predicted molar refractivity (Wildman–Crippen MR) is 103 cm³/mol. The first-order chi connectivity index (χ1) is 12.7. The average Bonchev–Trinajstić information content (AvgIpc) is 3.09. The van der Waals surface area contributed by atoms with Gasteiger partial charge in [0.1, 0.15) is 0 Å². The van der Waals surface area contributed by atoms with Crippen LogP contribution in [0.2, 0.25) is 0 Å². The Morgan fingerprint density at radius 3 is 2.92 bits per heavy atom. The number of fused-ring (bicyclic) bond motifs is 2. The summed E-state index contributed by atoms with van der Waals surface area (Å²) in [5.74, 6) is 0.332.